The van der Waals surface area contributed by atoms with Gasteiger partial charge < -0.3 is 0 Å². The highest BCUT2D eigenvalue weighted by Crippen LogP contribution is 2.36. The molecule has 2 nitrogen and oxygen atoms in total. The van der Waals surface area contributed by atoms with Gasteiger partial charge in [0.25, 0.3) is 5.91 Å². The number of amides is 1. The van der Waals surface area contributed by atoms with Crippen LogP contribution in [0.3, 0.4) is 0 Å². The third-order valence-electron chi connectivity index (χ3n) is 2.01. The maximum Gasteiger partial charge on any atom is 0.251 e. The van der Waals surface area contributed by atoms with Crippen molar-refractivity contribution in [3.63, 3.8) is 0 Å². The van der Waals surface area contributed by atoms with Gasteiger partial charge in [0.05, 0.1) is 0 Å². The number of hydrogen-bond acceptors (Lipinski definition) is 1. The van der Waals surface area contributed by atoms with Crippen molar-refractivity contribution < 1.29 is 4.79 Å². The molecule has 0 radical (unpaired) electrons. The lowest BCUT2D eigenvalue weighted by atomic mass is 9.73. The van der Waals surface area contributed by atoms with Gasteiger partial charge in [0, 0.05) is 17.0 Å². The molecule has 62 valence electrons. The Bertz CT molecular complexity index is 214. The molecule has 0 aliphatic carbocycles. The van der Waals surface area contributed by atoms with Crippen LogP contribution in [0, 0.1) is 10.8 Å². The molecule has 0 spiro atoms. The molecule has 1 amide bonds. The summed E-state index contributed by atoms with van der Waals surface area (Å²) in [6.45, 7) is 8.11. The lowest BCUT2D eigenvalue weighted by Crippen LogP contribution is -2.35. The van der Waals surface area contributed by atoms with Crippen LogP contribution < -0.4 is 0 Å². The molecular formula is C9H15NO. The molecule has 0 aromatic heterocycles. The van der Waals surface area contributed by atoms with Crippen LogP contribution in [-0.4, -0.2) is 12.1 Å². The Morgan fingerprint density at radius 3 is 2.27 bits per heavy atom. The molecule has 2 heteroatoms. The van der Waals surface area contributed by atoms with Crippen molar-refractivity contribution in [3.05, 3.63) is 0 Å². The molecule has 0 aromatic rings. The van der Waals surface area contributed by atoms with Crippen LogP contribution in [-0.2, 0) is 4.79 Å². The number of hydrogen-bond donors (Lipinski definition) is 0. The molecule has 11 heavy (non-hydrogen) atoms. The van der Waals surface area contributed by atoms with E-state index in [4.69, 9.17) is 0 Å². The van der Waals surface area contributed by atoms with Gasteiger partial charge in [-0.2, -0.15) is 0 Å². The quantitative estimate of drug-likeness (QED) is 0.523. The Balaban J connectivity index is 2.94. The SMILES string of the molecule is CC1(C)C=NC(=O)C(C)(C)C1. The van der Waals surface area contributed by atoms with Gasteiger partial charge in [-0.05, 0) is 6.42 Å². The minimum atomic E-state index is -0.266. The van der Waals surface area contributed by atoms with E-state index in [1.807, 2.05) is 13.8 Å². The molecule has 0 N–H and O–H groups in total. The van der Waals surface area contributed by atoms with Crippen molar-refractivity contribution in [2.45, 2.75) is 34.1 Å². The third-order valence-corrected chi connectivity index (χ3v) is 2.01. The molecule has 1 heterocycles. The lowest BCUT2D eigenvalue weighted by Gasteiger charge is -2.33. The molecule has 0 saturated carbocycles. The number of nitrogens with zero attached hydrogens (tertiary/aromatic N) is 1. The predicted octanol–water partition coefficient (Wildman–Crippen LogP) is 2.04. The van der Waals surface area contributed by atoms with Crippen molar-refractivity contribution in [1.82, 2.24) is 0 Å². The number of carbonyl (C=O) groups excluding carboxylic acids is 1. The fourth-order valence-corrected chi connectivity index (χ4v) is 1.67. The van der Waals surface area contributed by atoms with Crippen molar-refractivity contribution in [2.24, 2.45) is 15.8 Å². The smallest absolute Gasteiger partial charge is 0.251 e. The van der Waals surface area contributed by atoms with Crippen molar-refractivity contribution in [1.29, 1.82) is 0 Å². The summed E-state index contributed by atoms with van der Waals surface area (Å²) in [5, 5.41) is 0. The topological polar surface area (TPSA) is 29.4 Å². The molecular weight excluding hydrogens is 138 g/mol. The highest BCUT2D eigenvalue weighted by Gasteiger charge is 2.37. The highest BCUT2D eigenvalue weighted by atomic mass is 16.1. The first kappa shape index (κ1) is 8.44. The van der Waals surface area contributed by atoms with E-state index in [1.54, 1.807) is 6.21 Å². The van der Waals surface area contributed by atoms with Gasteiger partial charge >= 0.3 is 0 Å². The Morgan fingerprint density at radius 1 is 1.36 bits per heavy atom. The molecule has 0 saturated heterocycles. The van der Waals surface area contributed by atoms with Crippen LogP contribution >= 0.6 is 0 Å². The summed E-state index contributed by atoms with van der Waals surface area (Å²) < 4.78 is 0. The average Bonchev–Trinajstić information content (AvgIpc) is 1.77. The van der Waals surface area contributed by atoms with E-state index in [0.29, 0.717) is 0 Å². The molecule has 1 aliphatic rings. The minimum Gasteiger partial charge on any atom is -0.272 e. The molecule has 1 rings (SSSR count). The van der Waals surface area contributed by atoms with Gasteiger partial charge in [0.2, 0.25) is 0 Å². The summed E-state index contributed by atoms with van der Waals surface area (Å²) in [7, 11) is 0. The Morgan fingerprint density at radius 2 is 1.91 bits per heavy atom. The van der Waals surface area contributed by atoms with E-state index in [2.05, 4.69) is 18.8 Å². The zero-order valence-corrected chi connectivity index (χ0v) is 7.64. The Kier molecular flexibility index (Phi) is 1.66. The van der Waals surface area contributed by atoms with E-state index in [0.717, 1.165) is 6.42 Å². The van der Waals surface area contributed by atoms with Crippen LogP contribution in [0.15, 0.2) is 4.99 Å². The summed E-state index contributed by atoms with van der Waals surface area (Å²) >= 11 is 0. The third kappa shape index (κ3) is 1.67. The summed E-state index contributed by atoms with van der Waals surface area (Å²) in [6.07, 6.45) is 2.66. The summed E-state index contributed by atoms with van der Waals surface area (Å²) in [4.78, 5) is 15.1. The lowest BCUT2D eigenvalue weighted by molar-refractivity contribution is -0.127. The zero-order chi connectivity index (χ0) is 8.70. The fourth-order valence-electron chi connectivity index (χ4n) is 1.67. The van der Waals surface area contributed by atoms with Crippen LogP contribution in [0.5, 0.6) is 0 Å². The van der Waals surface area contributed by atoms with E-state index in [1.165, 1.54) is 0 Å². The zero-order valence-electron chi connectivity index (χ0n) is 7.64. The van der Waals surface area contributed by atoms with Gasteiger partial charge in [-0.25, -0.2) is 4.99 Å². The van der Waals surface area contributed by atoms with Crippen LogP contribution in [0.4, 0.5) is 0 Å². The Labute approximate surface area is 67.7 Å². The van der Waals surface area contributed by atoms with Gasteiger partial charge in [-0.1, -0.05) is 27.7 Å². The van der Waals surface area contributed by atoms with Crippen LogP contribution in [0.1, 0.15) is 34.1 Å². The fraction of sp³-hybridized carbons (Fsp3) is 0.778. The summed E-state index contributed by atoms with van der Waals surface area (Å²) in [5.74, 6) is 0.0109. The van der Waals surface area contributed by atoms with Gasteiger partial charge in [-0.3, -0.25) is 4.79 Å². The maximum atomic E-state index is 11.2. The highest BCUT2D eigenvalue weighted by molar-refractivity contribution is 5.93. The normalized spacial score (nSPS) is 27.1. The first-order valence-electron chi connectivity index (χ1n) is 3.93. The molecule has 1 aliphatic heterocycles. The molecule has 0 unspecified atom stereocenters. The maximum absolute atomic E-state index is 11.2. The number of aliphatic imine (C=N–C) groups is 1. The van der Waals surface area contributed by atoms with Crippen molar-refractivity contribution >= 4 is 12.1 Å². The van der Waals surface area contributed by atoms with E-state index in [-0.39, 0.29) is 16.7 Å². The Hall–Kier alpha value is -0.660. The summed E-state index contributed by atoms with van der Waals surface area (Å²) in [5.41, 5.74) is -0.185. The second-order valence-electron chi connectivity index (χ2n) is 4.61. The largest absolute Gasteiger partial charge is 0.272 e. The first-order valence-corrected chi connectivity index (χ1v) is 3.93. The number of carbonyl (C=O) groups is 1. The molecule has 0 aromatic carbocycles. The molecule has 0 atom stereocenters. The second-order valence-corrected chi connectivity index (χ2v) is 4.61. The minimum absolute atomic E-state index is 0.0109. The van der Waals surface area contributed by atoms with Crippen molar-refractivity contribution in [3.8, 4) is 0 Å². The predicted molar refractivity (Wildman–Crippen MR) is 45.7 cm³/mol. The van der Waals surface area contributed by atoms with Gasteiger partial charge in [-0.15, -0.1) is 0 Å². The molecule has 0 bridgehead atoms. The monoisotopic (exact) mass is 153 g/mol. The number of rotatable bonds is 0. The van der Waals surface area contributed by atoms with Crippen LogP contribution in [0.2, 0.25) is 0 Å². The summed E-state index contributed by atoms with van der Waals surface area (Å²) in [6, 6.07) is 0. The van der Waals surface area contributed by atoms with E-state index in [9.17, 15) is 4.79 Å². The van der Waals surface area contributed by atoms with Crippen molar-refractivity contribution in [2.75, 3.05) is 0 Å². The molecule has 0 fully saturated rings. The van der Waals surface area contributed by atoms with Gasteiger partial charge in [0.1, 0.15) is 0 Å². The first-order chi connectivity index (χ1) is 4.83. The standard InChI is InChI=1S/C9H15NO/c1-8(2)5-9(3,4)7(11)10-6-8/h6H,5H2,1-4H3. The average molecular weight is 153 g/mol. The van der Waals surface area contributed by atoms with E-state index >= 15 is 0 Å². The van der Waals surface area contributed by atoms with Gasteiger partial charge in [0.15, 0.2) is 0 Å². The second kappa shape index (κ2) is 2.16. The van der Waals surface area contributed by atoms with E-state index < -0.39 is 0 Å². The van der Waals surface area contributed by atoms with Crippen LogP contribution in [0.25, 0.3) is 0 Å².